The number of nitrogens with one attached hydrogen (secondary N) is 1. The molecule has 2 N–H and O–H groups in total. The van der Waals surface area contributed by atoms with Gasteiger partial charge in [-0.15, -0.1) is 0 Å². The van der Waals surface area contributed by atoms with Crippen LogP contribution in [0, 0.1) is 0 Å². The number of benzene rings is 1. The van der Waals surface area contributed by atoms with E-state index in [9.17, 15) is 18.0 Å². The first-order valence-corrected chi connectivity index (χ1v) is 5.95. The maximum Gasteiger partial charge on any atom is 0.418 e. The summed E-state index contributed by atoms with van der Waals surface area (Å²) in [6.07, 6.45) is -4.57. The highest BCUT2D eigenvalue weighted by atomic mass is 35.5. The maximum absolute atomic E-state index is 12.9. The van der Waals surface area contributed by atoms with Crippen LogP contribution in [0.15, 0.2) is 28.8 Å². The minimum absolute atomic E-state index is 0.0699. The lowest BCUT2D eigenvalue weighted by Crippen LogP contribution is -2.11. The lowest BCUT2D eigenvalue weighted by atomic mass is 10.1. The van der Waals surface area contributed by atoms with E-state index in [4.69, 9.17) is 21.2 Å². The number of anilines is 1. The highest BCUT2D eigenvalue weighted by Gasteiger charge is 2.34. The summed E-state index contributed by atoms with van der Waals surface area (Å²) >= 11 is 5.75. The topological polar surface area (TPSA) is 75.4 Å². The molecule has 1 aromatic heterocycles. The van der Waals surface area contributed by atoms with Gasteiger partial charge in [0.2, 0.25) is 0 Å². The lowest BCUT2D eigenvalue weighted by molar-refractivity contribution is -0.137. The Balaban J connectivity index is 2.21. The summed E-state index contributed by atoms with van der Waals surface area (Å²) in [6.45, 7) is -0.187. The van der Waals surface area contributed by atoms with Gasteiger partial charge in [-0.1, -0.05) is 22.8 Å². The number of alkyl halides is 3. The molecule has 0 aliphatic rings. The summed E-state index contributed by atoms with van der Waals surface area (Å²) in [5.41, 5.74) is -1.56. The van der Waals surface area contributed by atoms with Gasteiger partial charge in [-0.05, 0) is 12.1 Å². The fraction of sp³-hybridized carbons (Fsp3) is 0.167. The normalized spacial score (nSPS) is 11.4. The van der Waals surface area contributed by atoms with E-state index in [1.54, 1.807) is 0 Å². The predicted molar refractivity (Wildman–Crippen MR) is 67.2 cm³/mol. The fourth-order valence-electron chi connectivity index (χ4n) is 1.61. The van der Waals surface area contributed by atoms with Gasteiger partial charge in [-0.2, -0.15) is 13.2 Å². The van der Waals surface area contributed by atoms with Crippen molar-refractivity contribution in [3.05, 3.63) is 46.3 Å². The molecule has 1 aromatic carbocycles. The third-order valence-electron chi connectivity index (χ3n) is 2.54. The van der Waals surface area contributed by atoms with Crippen molar-refractivity contribution < 1.29 is 27.6 Å². The van der Waals surface area contributed by atoms with Gasteiger partial charge in [0.1, 0.15) is 0 Å². The van der Waals surface area contributed by atoms with Crippen LogP contribution in [-0.2, 0) is 12.7 Å². The van der Waals surface area contributed by atoms with Gasteiger partial charge >= 0.3 is 12.1 Å². The van der Waals surface area contributed by atoms with E-state index in [0.717, 1.165) is 12.1 Å². The molecule has 0 saturated carbocycles. The van der Waals surface area contributed by atoms with Crippen molar-refractivity contribution >= 4 is 23.3 Å². The molecule has 0 aliphatic heterocycles. The second-order valence-electron chi connectivity index (χ2n) is 4.00. The first-order chi connectivity index (χ1) is 9.79. The maximum atomic E-state index is 12.9. The summed E-state index contributed by atoms with van der Waals surface area (Å²) in [7, 11) is 0. The van der Waals surface area contributed by atoms with Crippen LogP contribution in [0.3, 0.4) is 0 Å². The molecule has 0 bridgehead atoms. The summed E-state index contributed by atoms with van der Waals surface area (Å²) in [5, 5.41) is 14.3. The highest BCUT2D eigenvalue weighted by Crippen LogP contribution is 2.38. The smallest absolute Gasteiger partial charge is 0.418 e. The van der Waals surface area contributed by atoms with E-state index >= 15 is 0 Å². The summed E-state index contributed by atoms with van der Waals surface area (Å²) in [6, 6.07) is 4.49. The Hall–Kier alpha value is -2.22. The van der Waals surface area contributed by atoms with E-state index < -0.39 is 17.7 Å². The van der Waals surface area contributed by atoms with Crippen molar-refractivity contribution in [2.24, 2.45) is 0 Å². The van der Waals surface area contributed by atoms with Gasteiger partial charge in [-0.25, -0.2) is 4.79 Å². The van der Waals surface area contributed by atoms with Crippen molar-refractivity contribution in [2.45, 2.75) is 12.7 Å². The predicted octanol–water partition coefficient (Wildman–Crippen LogP) is 3.66. The molecular formula is C12H8ClF3N2O3. The monoisotopic (exact) mass is 320 g/mol. The minimum Gasteiger partial charge on any atom is -0.476 e. The molecule has 1 heterocycles. The molecule has 9 heteroatoms. The second-order valence-corrected chi connectivity index (χ2v) is 4.40. The first kappa shape index (κ1) is 15.2. The molecule has 0 atom stereocenters. The molecule has 5 nitrogen and oxygen atoms in total. The second kappa shape index (κ2) is 5.65. The van der Waals surface area contributed by atoms with E-state index in [2.05, 4.69) is 10.5 Å². The number of nitrogens with zero attached hydrogens (tertiary/aromatic N) is 1. The molecule has 0 amide bonds. The van der Waals surface area contributed by atoms with E-state index in [1.807, 2.05) is 0 Å². The molecule has 0 fully saturated rings. The number of aromatic nitrogens is 1. The molecule has 112 valence electrons. The molecular weight excluding hydrogens is 313 g/mol. The molecule has 2 rings (SSSR count). The number of carbonyl (C=O) groups is 1. The zero-order valence-electron chi connectivity index (χ0n) is 10.2. The number of para-hydroxylation sites is 1. The Morgan fingerprint density at radius 2 is 2.14 bits per heavy atom. The third kappa shape index (κ3) is 3.46. The molecule has 0 radical (unpaired) electrons. The Labute approximate surface area is 121 Å². The summed E-state index contributed by atoms with van der Waals surface area (Å²) in [5.74, 6) is -1.22. The highest BCUT2D eigenvalue weighted by molar-refractivity contribution is 6.33. The Morgan fingerprint density at radius 3 is 2.71 bits per heavy atom. The Morgan fingerprint density at radius 1 is 1.43 bits per heavy atom. The SMILES string of the molecule is O=C(O)c1cc(CNc2c(Cl)cccc2C(F)(F)F)on1. The number of aromatic carboxylic acids is 1. The van der Waals surface area contributed by atoms with Crippen LogP contribution in [-0.4, -0.2) is 16.2 Å². The van der Waals surface area contributed by atoms with Crippen molar-refractivity contribution in [3.63, 3.8) is 0 Å². The van der Waals surface area contributed by atoms with Crippen LogP contribution in [0.1, 0.15) is 21.8 Å². The summed E-state index contributed by atoms with van der Waals surface area (Å²) < 4.78 is 43.3. The van der Waals surface area contributed by atoms with Crippen LogP contribution < -0.4 is 5.32 Å². The number of rotatable bonds is 4. The zero-order valence-corrected chi connectivity index (χ0v) is 11.0. The quantitative estimate of drug-likeness (QED) is 0.899. The average Bonchev–Trinajstić information content (AvgIpc) is 2.85. The van der Waals surface area contributed by atoms with Gasteiger partial charge in [0.15, 0.2) is 11.5 Å². The molecule has 2 aromatic rings. The number of hydrogen-bond acceptors (Lipinski definition) is 4. The van der Waals surface area contributed by atoms with Crippen molar-refractivity contribution in [1.82, 2.24) is 5.16 Å². The lowest BCUT2D eigenvalue weighted by Gasteiger charge is -2.15. The number of carboxylic acids is 1. The van der Waals surface area contributed by atoms with E-state index in [1.165, 1.54) is 12.1 Å². The third-order valence-corrected chi connectivity index (χ3v) is 2.85. The van der Waals surface area contributed by atoms with Gasteiger partial charge in [0.25, 0.3) is 0 Å². The van der Waals surface area contributed by atoms with Crippen LogP contribution >= 0.6 is 11.6 Å². The van der Waals surface area contributed by atoms with E-state index in [-0.39, 0.29) is 28.7 Å². The Bertz CT molecular complexity index is 670. The van der Waals surface area contributed by atoms with Gasteiger partial charge in [-0.3, -0.25) is 0 Å². The Kier molecular flexibility index (Phi) is 4.08. The van der Waals surface area contributed by atoms with Crippen LogP contribution in [0.4, 0.5) is 18.9 Å². The first-order valence-electron chi connectivity index (χ1n) is 5.57. The zero-order chi connectivity index (χ0) is 15.6. The molecule has 0 aliphatic carbocycles. The number of carboxylic acid groups (broad SMARTS) is 1. The number of halogens is 4. The van der Waals surface area contributed by atoms with Gasteiger partial charge in [0.05, 0.1) is 22.8 Å². The largest absolute Gasteiger partial charge is 0.476 e. The average molecular weight is 321 g/mol. The van der Waals surface area contributed by atoms with Gasteiger partial charge < -0.3 is 14.9 Å². The molecule has 21 heavy (non-hydrogen) atoms. The van der Waals surface area contributed by atoms with Crippen LogP contribution in [0.2, 0.25) is 5.02 Å². The fourth-order valence-corrected chi connectivity index (χ4v) is 1.85. The van der Waals surface area contributed by atoms with Crippen molar-refractivity contribution in [3.8, 4) is 0 Å². The van der Waals surface area contributed by atoms with Crippen LogP contribution in [0.25, 0.3) is 0 Å². The van der Waals surface area contributed by atoms with Crippen molar-refractivity contribution in [1.29, 1.82) is 0 Å². The van der Waals surface area contributed by atoms with Gasteiger partial charge in [0, 0.05) is 6.07 Å². The number of hydrogen-bond donors (Lipinski definition) is 2. The summed E-state index contributed by atoms with van der Waals surface area (Å²) in [4.78, 5) is 10.6. The van der Waals surface area contributed by atoms with Crippen LogP contribution in [0.5, 0.6) is 0 Å². The van der Waals surface area contributed by atoms with Crippen molar-refractivity contribution in [2.75, 3.05) is 5.32 Å². The molecule has 0 unspecified atom stereocenters. The standard InChI is InChI=1S/C12H8ClF3N2O3/c13-8-3-1-2-7(12(14,15)16)10(8)17-5-6-4-9(11(19)20)18-21-6/h1-4,17H,5H2,(H,19,20). The minimum atomic E-state index is -4.57. The molecule has 0 spiro atoms. The molecule has 0 saturated heterocycles. The van der Waals surface area contributed by atoms with E-state index in [0.29, 0.717) is 0 Å².